The van der Waals surface area contributed by atoms with Crippen LogP contribution in [0.1, 0.15) is 43.3 Å². The summed E-state index contributed by atoms with van der Waals surface area (Å²) in [4.78, 5) is 35.7. The van der Waals surface area contributed by atoms with Gasteiger partial charge >= 0.3 is 0 Å². The lowest BCUT2D eigenvalue weighted by Crippen LogP contribution is -2.45. The van der Waals surface area contributed by atoms with Crippen LogP contribution in [0.5, 0.6) is 0 Å². The van der Waals surface area contributed by atoms with E-state index in [0.717, 1.165) is 12.8 Å². The normalized spacial score (nSPS) is 14.3. The van der Waals surface area contributed by atoms with Gasteiger partial charge in [0.15, 0.2) is 0 Å². The van der Waals surface area contributed by atoms with Gasteiger partial charge in [-0.25, -0.2) is 0 Å². The molecule has 0 radical (unpaired) electrons. The fourth-order valence-electron chi connectivity index (χ4n) is 1.81. The monoisotopic (exact) mass is 323 g/mol. The smallest absolute Gasteiger partial charge is 0.261 e. The Kier molecular flexibility index (Phi) is 4.85. The number of amides is 3. The van der Waals surface area contributed by atoms with E-state index >= 15 is 0 Å². The Morgan fingerprint density at radius 1 is 1.23 bits per heavy atom. The number of hydrogen-bond acceptors (Lipinski definition) is 4. The molecule has 1 aliphatic rings. The van der Waals surface area contributed by atoms with Gasteiger partial charge in [0.1, 0.15) is 0 Å². The third kappa shape index (κ3) is 5.14. The zero-order chi connectivity index (χ0) is 16.3. The standard InChI is InChI=1S/C15H21N3O3S/c1-15(2,3)18-11(19)8-16-14(21)10-6-7-12(22-10)17-13(20)9-4-5-9/h6-7,9H,4-5,8H2,1-3H3,(H,16,21)(H,17,20)(H,18,19). The van der Waals surface area contributed by atoms with Crippen molar-refractivity contribution in [3.63, 3.8) is 0 Å². The van der Waals surface area contributed by atoms with Crippen molar-refractivity contribution in [3.05, 3.63) is 17.0 Å². The summed E-state index contributed by atoms with van der Waals surface area (Å²) in [7, 11) is 0. The van der Waals surface area contributed by atoms with Crippen molar-refractivity contribution >= 4 is 34.1 Å². The maximum Gasteiger partial charge on any atom is 0.261 e. The fourth-order valence-corrected chi connectivity index (χ4v) is 2.63. The Balaban J connectivity index is 1.81. The minimum atomic E-state index is -0.328. The number of carbonyl (C=O) groups excluding carboxylic acids is 3. The topological polar surface area (TPSA) is 87.3 Å². The van der Waals surface area contributed by atoms with Crippen LogP contribution < -0.4 is 16.0 Å². The number of thiophene rings is 1. The molecule has 6 nitrogen and oxygen atoms in total. The van der Waals surface area contributed by atoms with Gasteiger partial charge in [-0.15, -0.1) is 11.3 Å². The van der Waals surface area contributed by atoms with Crippen LogP contribution in [-0.4, -0.2) is 29.8 Å². The Labute approximate surface area is 133 Å². The minimum Gasteiger partial charge on any atom is -0.350 e. The Bertz CT molecular complexity index is 585. The number of carbonyl (C=O) groups is 3. The number of anilines is 1. The second-order valence-electron chi connectivity index (χ2n) is 6.41. The van der Waals surface area contributed by atoms with Gasteiger partial charge in [-0.1, -0.05) is 0 Å². The Morgan fingerprint density at radius 3 is 2.50 bits per heavy atom. The molecule has 3 amide bonds. The van der Waals surface area contributed by atoms with Crippen LogP contribution in [-0.2, 0) is 9.59 Å². The molecule has 1 heterocycles. The van der Waals surface area contributed by atoms with Gasteiger partial charge in [-0.2, -0.15) is 0 Å². The van der Waals surface area contributed by atoms with Crippen molar-refractivity contribution in [3.8, 4) is 0 Å². The van der Waals surface area contributed by atoms with Crippen molar-refractivity contribution in [2.45, 2.75) is 39.2 Å². The van der Waals surface area contributed by atoms with E-state index in [1.54, 1.807) is 12.1 Å². The van der Waals surface area contributed by atoms with E-state index in [1.807, 2.05) is 20.8 Å². The Hall–Kier alpha value is -1.89. The molecule has 1 aromatic heterocycles. The van der Waals surface area contributed by atoms with Crippen LogP contribution in [0.25, 0.3) is 0 Å². The summed E-state index contributed by atoms with van der Waals surface area (Å²) >= 11 is 1.20. The maximum absolute atomic E-state index is 12.0. The van der Waals surface area contributed by atoms with E-state index in [2.05, 4.69) is 16.0 Å². The highest BCUT2D eigenvalue weighted by Gasteiger charge is 2.29. The second kappa shape index (κ2) is 6.48. The zero-order valence-corrected chi connectivity index (χ0v) is 13.8. The summed E-state index contributed by atoms with van der Waals surface area (Å²) in [5.41, 5.74) is -0.328. The summed E-state index contributed by atoms with van der Waals surface area (Å²) in [5.74, 6) is -0.417. The Morgan fingerprint density at radius 2 is 1.91 bits per heavy atom. The average Bonchev–Trinajstić information content (AvgIpc) is 3.15. The first-order valence-corrected chi connectivity index (χ1v) is 8.06. The molecule has 0 bridgehead atoms. The van der Waals surface area contributed by atoms with Crippen LogP contribution >= 0.6 is 11.3 Å². The summed E-state index contributed by atoms with van der Waals surface area (Å²) < 4.78 is 0. The van der Waals surface area contributed by atoms with Gasteiger partial charge in [0.05, 0.1) is 16.4 Å². The first kappa shape index (κ1) is 16.5. The molecule has 1 saturated carbocycles. The third-order valence-electron chi connectivity index (χ3n) is 2.95. The molecule has 1 fully saturated rings. The van der Waals surface area contributed by atoms with Gasteiger partial charge in [-0.05, 0) is 45.7 Å². The predicted octanol–water partition coefficient (Wildman–Crippen LogP) is 1.74. The molecule has 3 N–H and O–H groups in total. The molecule has 120 valence electrons. The summed E-state index contributed by atoms with van der Waals surface area (Å²) in [6.45, 7) is 5.56. The van der Waals surface area contributed by atoms with E-state index in [4.69, 9.17) is 0 Å². The van der Waals surface area contributed by atoms with Gasteiger partial charge in [-0.3, -0.25) is 14.4 Å². The number of nitrogens with one attached hydrogen (secondary N) is 3. The number of hydrogen-bond donors (Lipinski definition) is 3. The molecule has 0 saturated heterocycles. The summed E-state index contributed by atoms with van der Waals surface area (Å²) in [6, 6.07) is 3.35. The van der Waals surface area contributed by atoms with E-state index in [9.17, 15) is 14.4 Å². The van der Waals surface area contributed by atoms with Crippen LogP contribution in [0, 0.1) is 5.92 Å². The van der Waals surface area contributed by atoms with Crippen molar-refractivity contribution in [1.82, 2.24) is 10.6 Å². The third-order valence-corrected chi connectivity index (χ3v) is 3.95. The first-order valence-electron chi connectivity index (χ1n) is 7.24. The molecule has 7 heteroatoms. The molecular formula is C15H21N3O3S. The van der Waals surface area contributed by atoms with Gasteiger partial charge in [0.2, 0.25) is 11.8 Å². The van der Waals surface area contributed by atoms with Gasteiger partial charge in [0, 0.05) is 11.5 Å². The molecule has 22 heavy (non-hydrogen) atoms. The van der Waals surface area contributed by atoms with E-state index in [0.29, 0.717) is 9.88 Å². The van der Waals surface area contributed by atoms with E-state index < -0.39 is 0 Å². The lowest BCUT2D eigenvalue weighted by atomic mass is 10.1. The largest absolute Gasteiger partial charge is 0.350 e. The van der Waals surface area contributed by atoms with Crippen LogP contribution in [0.2, 0.25) is 0 Å². The second-order valence-corrected chi connectivity index (χ2v) is 7.49. The van der Waals surface area contributed by atoms with Crippen molar-refractivity contribution in [1.29, 1.82) is 0 Å². The minimum absolute atomic E-state index is 0.0124. The highest BCUT2D eigenvalue weighted by Crippen LogP contribution is 2.31. The zero-order valence-electron chi connectivity index (χ0n) is 13.0. The lowest BCUT2D eigenvalue weighted by molar-refractivity contribution is -0.121. The molecular weight excluding hydrogens is 302 g/mol. The molecule has 2 rings (SSSR count). The van der Waals surface area contributed by atoms with Crippen molar-refractivity contribution in [2.75, 3.05) is 11.9 Å². The number of rotatable bonds is 5. The quantitative estimate of drug-likeness (QED) is 0.771. The predicted molar refractivity (Wildman–Crippen MR) is 85.9 cm³/mol. The highest BCUT2D eigenvalue weighted by molar-refractivity contribution is 7.18. The maximum atomic E-state index is 12.0. The molecule has 1 aromatic rings. The van der Waals surface area contributed by atoms with Crippen molar-refractivity contribution < 1.29 is 14.4 Å². The molecule has 0 spiro atoms. The van der Waals surface area contributed by atoms with E-state index in [-0.39, 0.29) is 35.7 Å². The lowest BCUT2D eigenvalue weighted by Gasteiger charge is -2.20. The molecule has 0 aromatic carbocycles. The molecule has 0 atom stereocenters. The molecule has 0 unspecified atom stereocenters. The first-order chi connectivity index (χ1) is 10.2. The summed E-state index contributed by atoms with van der Waals surface area (Å²) in [5, 5.41) is 8.79. The highest BCUT2D eigenvalue weighted by atomic mass is 32.1. The van der Waals surface area contributed by atoms with Crippen LogP contribution in [0.15, 0.2) is 12.1 Å². The molecule has 1 aliphatic carbocycles. The van der Waals surface area contributed by atoms with Crippen LogP contribution in [0.4, 0.5) is 5.00 Å². The van der Waals surface area contributed by atoms with Gasteiger partial charge < -0.3 is 16.0 Å². The fraction of sp³-hybridized carbons (Fsp3) is 0.533. The average molecular weight is 323 g/mol. The van der Waals surface area contributed by atoms with E-state index in [1.165, 1.54) is 11.3 Å². The SMILES string of the molecule is CC(C)(C)NC(=O)CNC(=O)c1ccc(NC(=O)C2CC2)s1. The molecule has 0 aliphatic heterocycles. The van der Waals surface area contributed by atoms with Crippen molar-refractivity contribution in [2.24, 2.45) is 5.92 Å². The summed E-state index contributed by atoms with van der Waals surface area (Å²) in [6.07, 6.45) is 1.88. The van der Waals surface area contributed by atoms with Crippen LogP contribution in [0.3, 0.4) is 0 Å². The van der Waals surface area contributed by atoms with Gasteiger partial charge in [0.25, 0.3) is 5.91 Å².